The van der Waals surface area contributed by atoms with Crippen LogP contribution < -0.4 is 0 Å². The molecule has 0 amide bonds. The van der Waals surface area contributed by atoms with Crippen LogP contribution in [0.25, 0.3) is 0 Å². The third-order valence-corrected chi connectivity index (χ3v) is 17.5. The summed E-state index contributed by atoms with van der Waals surface area (Å²) in [7, 11) is -9.90. The lowest BCUT2D eigenvalue weighted by atomic mass is 10.0. The first-order valence-electron chi connectivity index (χ1n) is 35.3. The number of hydrogen-bond donors (Lipinski definition) is 3. The van der Waals surface area contributed by atoms with E-state index in [2.05, 4.69) is 48.5 Å². The van der Waals surface area contributed by atoms with E-state index < -0.39 is 97.5 Å². The fraction of sp³-hybridized carbons (Fsp3) is 0.941. The van der Waals surface area contributed by atoms with Crippen molar-refractivity contribution in [3.05, 3.63) is 0 Å². The van der Waals surface area contributed by atoms with Crippen LogP contribution in [0.4, 0.5) is 0 Å². The van der Waals surface area contributed by atoms with Crippen LogP contribution in [0.15, 0.2) is 0 Å². The van der Waals surface area contributed by atoms with E-state index in [-0.39, 0.29) is 25.7 Å². The van der Waals surface area contributed by atoms with Crippen molar-refractivity contribution in [2.24, 2.45) is 17.8 Å². The quantitative estimate of drug-likeness (QED) is 0.0222. The molecule has 87 heavy (non-hydrogen) atoms. The first-order chi connectivity index (χ1) is 41.7. The maximum absolute atomic E-state index is 13.0. The van der Waals surface area contributed by atoms with Crippen molar-refractivity contribution in [3.63, 3.8) is 0 Å². The highest BCUT2D eigenvalue weighted by molar-refractivity contribution is 7.47. The SMILES string of the molecule is CCCCCCCCCCCCCC(=O)O[C@H](COC(=O)CCCCCCCCCC(C)C)COP(=O)(O)OC[C@H](O)COP(=O)(O)OC[C@@H](COC(=O)CCCCCCCCCCC(C)C)OC(=O)CCCCCCCCCCCCCCC(C)C. The molecule has 516 valence electrons. The second-order valence-electron chi connectivity index (χ2n) is 26.0. The van der Waals surface area contributed by atoms with Crippen LogP contribution >= 0.6 is 15.6 Å². The molecule has 0 bridgehead atoms. The lowest BCUT2D eigenvalue weighted by Gasteiger charge is -2.21. The number of phosphoric acid groups is 2. The Morgan fingerprint density at radius 2 is 0.529 bits per heavy atom. The van der Waals surface area contributed by atoms with Crippen molar-refractivity contribution in [3.8, 4) is 0 Å². The molecule has 0 aromatic carbocycles. The van der Waals surface area contributed by atoms with Gasteiger partial charge in [-0.3, -0.25) is 37.3 Å². The molecule has 0 aliphatic rings. The molecule has 0 spiro atoms. The van der Waals surface area contributed by atoms with Crippen molar-refractivity contribution >= 4 is 39.5 Å². The Bertz CT molecular complexity index is 1720. The normalized spacial score (nSPS) is 14.3. The van der Waals surface area contributed by atoms with Gasteiger partial charge in [-0.2, -0.15) is 0 Å². The minimum atomic E-state index is -4.95. The molecule has 2 unspecified atom stereocenters. The van der Waals surface area contributed by atoms with Crippen LogP contribution in [-0.4, -0.2) is 96.7 Å². The second-order valence-corrected chi connectivity index (χ2v) is 28.9. The second kappa shape index (κ2) is 59.1. The van der Waals surface area contributed by atoms with Crippen LogP contribution in [0.1, 0.15) is 337 Å². The van der Waals surface area contributed by atoms with Crippen molar-refractivity contribution in [2.45, 2.75) is 356 Å². The van der Waals surface area contributed by atoms with Gasteiger partial charge in [-0.1, -0.05) is 286 Å². The number of rotatable bonds is 66. The monoisotopic (exact) mass is 1280 g/mol. The van der Waals surface area contributed by atoms with Gasteiger partial charge in [-0.05, 0) is 43.4 Å². The zero-order valence-electron chi connectivity index (χ0n) is 56.5. The number of carbonyl (C=O) groups is 4. The van der Waals surface area contributed by atoms with Crippen LogP contribution in [0, 0.1) is 17.8 Å². The van der Waals surface area contributed by atoms with Crippen molar-refractivity contribution < 1.29 is 80.2 Å². The summed E-state index contributed by atoms with van der Waals surface area (Å²) in [4.78, 5) is 72.4. The number of phosphoric ester groups is 2. The molecule has 5 atom stereocenters. The fourth-order valence-electron chi connectivity index (χ4n) is 10.2. The molecule has 3 N–H and O–H groups in total. The van der Waals surface area contributed by atoms with E-state index in [4.69, 9.17) is 37.0 Å². The summed E-state index contributed by atoms with van der Waals surface area (Å²) < 4.78 is 68.2. The lowest BCUT2D eigenvalue weighted by molar-refractivity contribution is -0.161. The molecule has 0 fully saturated rings. The van der Waals surface area contributed by atoms with Gasteiger partial charge in [0.1, 0.15) is 19.3 Å². The minimum absolute atomic E-state index is 0.106. The van der Waals surface area contributed by atoms with Gasteiger partial charge in [0.15, 0.2) is 12.2 Å². The zero-order chi connectivity index (χ0) is 64.5. The third-order valence-electron chi connectivity index (χ3n) is 15.6. The molecular weight excluding hydrogens is 1150 g/mol. The number of unbranched alkanes of at least 4 members (excludes halogenated alkanes) is 34. The summed E-state index contributed by atoms with van der Waals surface area (Å²) >= 11 is 0. The van der Waals surface area contributed by atoms with Crippen LogP contribution in [-0.2, 0) is 65.4 Å². The highest BCUT2D eigenvalue weighted by Gasteiger charge is 2.30. The maximum Gasteiger partial charge on any atom is 0.472 e. The van der Waals surface area contributed by atoms with Gasteiger partial charge in [0.25, 0.3) is 0 Å². The standard InChI is InChI=1S/C68H132O17P2/c1-8-9-10-11-12-13-16-20-29-37-44-51-67(72)85-64(56-79-66(71)50-43-36-31-24-27-34-41-48-61(6)7)58-83-87(76,77)81-54-62(69)53-80-86(74,75)82-57-63(55-78-65(70)49-42-35-28-23-22-26-33-40-47-60(4)5)84-68(73)52-45-38-30-21-18-15-14-17-19-25-32-39-46-59(2)3/h59-64,69H,8-58H2,1-7H3,(H,74,75)(H,76,77)/t62-,63-,64-/m1/s1. The molecule has 0 aliphatic carbocycles. The number of aliphatic hydroxyl groups excluding tert-OH is 1. The number of aliphatic hydroxyl groups is 1. The van der Waals surface area contributed by atoms with E-state index in [1.807, 2.05) is 0 Å². The van der Waals surface area contributed by atoms with Gasteiger partial charge in [0.05, 0.1) is 26.4 Å². The molecule has 0 radical (unpaired) electrons. The average Bonchev–Trinajstić information content (AvgIpc) is 3.52. The number of hydrogen-bond acceptors (Lipinski definition) is 15. The first kappa shape index (κ1) is 85.1. The van der Waals surface area contributed by atoms with Gasteiger partial charge in [-0.15, -0.1) is 0 Å². The van der Waals surface area contributed by atoms with E-state index in [1.54, 1.807) is 0 Å². The van der Waals surface area contributed by atoms with Crippen molar-refractivity contribution in [2.75, 3.05) is 39.6 Å². The molecule has 0 rings (SSSR count). The first-order valence-corrected chi connectivity index (χ1v) is 38.3. The molecule has 0 saturated heterocycles. The Labute approximate surface area is 530 Å². The molecular formula is C68H132O17P2. The lowest BCUT2D eigenvalue weighted by Crippen LogP contribution is -2.30. The van der Waals surface area contributed by atoms with E-state index >= 15 is 0 Å². The number of esters is 4. The zero-order valence-corrected chi connectivity index (χ0v) is 58.3. The summed E-state index contributed by atoms with van der Waals surface area (Å²) in [6.07, 6.45) is 41.7. The third kappa shape index (κ3) is 62.6. The Kier molecular flexibility index (Phi) is 57.8. The fourth-order valence-corrected chi connectivity index (χ4v) is 11.8. The van der Waals surface area contributed by atoms with Gasteiger partial charge in [-0.25, -0.2) is 9.13 Å². The van der Waals surface area contributed by atoms with Gasteiger partial charge >= 0.3 is 39.5 Å². The molecule has 0 heterocycles. The minimum Gasteiger partial charge on any atom is -0.462 e. The average molecular weight is 1280 g/mol. The molecule has 0 aliphatic heterocycles. The van der Waals surface area contributed by atoms with E-state index in [0.29, 0.717) is 31.6 Å². The summed E-state index contributed by atoms with van der Waals surface area (Å²) in [5.41, 5.74) is 0. The van der Waals surface area contributed by atoms with E-state index in [9.17, 15) is 43.2 Å². The highest BCUT2D eigenvalue weighted by atomic mass is 31.2. The molecule has 19 heteroatoms. The van der Waals surface area contributed by atoms with Crippen molar-refractivity contribution in [1.82, 2.24) is 0 Å². The van der Waals surface area contributed by atoms with Gasteiger partial charge in [0.2, 0.25) is 0 Å². The maximum atomic E-state index is 13.0. The summed E-state index contributed by atoms with van der Waals surface area (Å²) in [5, 5.41) is 10.6. The Hall–Kier alpha value is -1.94. The van der Waals surface area contributed by atoms with E-state index in [1.165, 1.54) is 141 Å². The summed E-state index contributed by atoms with van der Waals surface area (Å²) in [6.45, 7) is 11.7. The molecule has 17 nitrogen and oxygen atoms in total. The Morgan fingerprint density at radius 3 is 0.782 bits per heavy atom. The van der Waals surface area contributed by atoms with Gasteiger partial charge < -0.3 is 33.8 Å². The topological polar surface area (TPSA) is 237 Å². The van der Waals surface area contributed by atoms with E-state index in [0.717, 1.165) is 108 Å². The highest BCUT2D eigenvalue weighted by Crippen LogP contribution is 2.45. The Balaban J connectivity index is 5.25. The van der Waals surface area contributed by atoms with Crippen molar-refractivity contribution in [1.29, 1.82) is 0 Å². The summed E-state index contributed by atoms with van der Waals surface area (Å²) in [6, 6.07) is 0. The van der Waals surface area contributed by atoms with Crippen LogP contribution in [0.5, 0.6) is 0 Å². The molecule has 0 aromatic rings. The number of carbonyl (C=O) groups excluding carboxylic acids is 4. The predicted molar refractivity (Wildman–Crippen MR) is 349 cm³/mol. The molecule has 0 aromatic heterocycles. The van der Waals surface area contributed by atoms with Gasteiger partial charge in [0, 0.05) is 25.7 Å². The Morgan fingerprint density at radius 1 is 0.310 bits per heavy atom. The predicted octanol–water partition coefficient (Wildman–Crippen LogP) is 19.1. The largest absolute Gasteiger partial charge is 0.472 e. The summed E-state index contributed by atoms with van der Waals surface area (Å²) in [5.74, 6) is 0.0785. The molecule has 0 saturated carbocycles. The van der Waals surface area contributed by atoms with Crippen LogP contribution in [0.3, 0.4) is 0 Å². The van der Waals surface area contributed by atoms with Crippen LogP contribution in [0.2, 0.25) is 0 Å². The number of ether oxygens (including phenoxy) is 4. The smallest absolute Gasteiger partial charge is 0.462 e.